The maximum absolute atomic E-state index is 11.1. The number of nitrogens with zero attached hydrogens (tertiary/aromatic N) is 4. The Labute approximate surface area is 93.5 Å². The first kappa shape index (κ1) is 11.9. The van der Waals surface area contributed by atoms with Crippen LogP contribution >= 0.6 is 0 Å². The smallest absolute Gasteiger partial charge is 0.325 e. The number of ether oxygens (including phenoxy) is 1. The van der Waals surface area contributed by atoms with Gasteiger partial charge in [0.05, 0.1) is 19.5 Å². The molecule has 0 atom stereocenters. The third-order valence-electron chi connectivity index (χ3n) is 2.01. The molecular formula is C10H12N4O2. The summed E-state index contributed by atoms with van der Waals surface area (Å²) in [5.41, 5.74) is 0.248. The number of nitriles is 1. The zero-order chi connectivity index (χ0) is 12.0. The minimum absolute atomic E-state index is 0.119. The van der Waals surface area contributed by atoms with E-state index in [1.807, 2.05) is 13.0 Å². The zero-order valence-electron chi connectivity index (χ0n) is 9.17. The van der Waals surface area contributed by atoms with Crippen LogP contribution in [0.15, 0.2) is 12.4 Å². The molecule has 0 bridgehead atoms. The van der Waals surface area contributed by atoms with Crippen molar-refractivity contribution in [1.29, 1.82) is 5.26 Å². The quantitative estimate of drug-likeness (QED) is 0.681. The number of methoxy groups -OCH3 is 1. The van der Waals surface area contributed by atoms with Crippen LogP contribution < -0.4 is 4.90 Å². The van der Waals surface area contributed by atoms with Crippen LogP contribution in [0, 0.1) is 11.3 Å². The molecule has 0 amide bonds. The van der Waals surface area contributed by atoms with Gasteiger partial charge in [0, 0.05) is 6.54 Å². The monoisotopic (exact) mass is 220 g/mol. The van der Waals surface area contributed by atoms with Gasteiger partial charge in [-0.15, -0.1) is 0 Å². The molecule has 0 aliphatic carbocycles. The van der Waals surface area contributed by atoms with E-state index in [0.717, 1.165) is 0 Å². The van der Waals surface area contributed by atoms with Crippen LogP contribution in [-0.2, 0) is 9.53 Å². The van der Waals surface area contributed by atoms with E-state index in [-0.39, 0.29) is 18.2 Å². The fourth-order valence-electron chi connectivity index (χ4n) is 1.12. The number of hydrogen-bond acceptors (Lipinski definition) is 6. The molecule has 1 aromatic heterocycles. The van der Waals surface area contributed by atoms with Crippen LogP contribution in [0.3, 0.4) is 0 Å². The fourth-order valence-corrected chi connectivity index (χ4v) is 1.12. The van der Waals surface area contributed by atoms with Crippen molar-refractivity contribution in [1.82, 2.24) is 9.97 Å². The Bertz CT molecular complexity index is 396. The first-order valence-electron chi connectivity index (χ1n) is 4.75. The molecule has 0 aliphatic heterocycles. The van der Waals surface area contributed by atoms with Crippen molar-refractivity contribution < 1.29 is 9.53 Å². The molecule has 84 valence electrons. The Kier molecular flexibility index (Phi) is 4.21. The van der Waals surface area contributed by atoms with Gasteiger partial charge in [-0.3, -0.25) is 4.79 Å². The molecule has 0 saturated carbocycles. The molecule has 6 nitrogen and oxygen atoms in total. The van der Waals surface area contributed by atoms with E-state index in [0.29, 0.717) is 12.4 Å². The standard InChI is InChI=1S/C10H12N4O2/c1-3-14(7-10(15)16-2)9-6-12-8(4-11)5-13-9/h5-6H,3,7H2,1-2H3. The number of carbonyl (C=O) groups excluding carboxylic acids is 1. The highest BCUT2D eigenvalue weighted by molar-refractivity contribution is 5.75. The lowest BCUT2D eigenvalue weighted by molar-refractivity contribution is -0.138. The molecule has 1 heterocycles. The van der Waals surface area contributed by atoms with Crippen molar-refractivity contribution in [2.24, 2.45) is 0 Å². The Balaban J connectivity index is 2.79. The van der Waals surface area contributed by atoms with Crippen LogP contribution in [0.1, 0.15) is 12.6 Å². The van der Waals surface area contributed by atoms with Crippen LogP contribution in [0.2, 0.25) is 0 Å². The first-order valence-corrected chi connectivity index (χ1v) is 4.75. The number of rotatable bonds is 4. The van der Waals surface area contributed by atoms with Crippen LogP contribution in [0.25, 0.3) is 0 Å². The SMILES string of the molecule is CCN(CC(=O)OC)c1cnc(C#N)cn1. The first-order chi connectivity index (χ1) is 7.71. The van der Waals surface area contributed by atoms with Crippen molar-refractivity contribution in [2.45, 2.75) is 6.92 Å². The van der Waals surface area contributed by atoms with Gasteiger partial charge >= 0.3 is 5.97 Å². The summed E-state index contributed by atoms with van der Waals surface area (Å²) >= 11 is 0. The Morgan fingerprint density at radius 2 is 2.31 bits per heavy atom. The van der Waals surface area contributed by atoms with E-state index in [2.05, 4.69) is 14.7 Å². The Morgan fingerprint density at radius 1 is 1.56 bits per heavy atom. The van der Waals surface area contributed by atoms with Crippen molar-refractivity contribution >= 4 is 11.8 Å². The van der Waals surface area contributed by atoms with E-state index >= 15 is 0 Å². The van der Waals surface area contributed by atoms with Crippen molar-refractivity contribution in [3.05, 3.63) is 18.1 Å². The van der Waals surface area contributed by atoms with Crippen LogP contribution in [0.4, 0.5) is 5.82 Å². The summed E-state index contributed by atoms with van der Waals surface area (Å²) in [5.74, 6) is 0.208. The van der Waals surface area contributed by atoms with Gasteiger partial charge in [-0.25, -0.2) is 9.97 Å². The summed E-state index contributed by atoms with van der Waals surface area (Å²) in [5, 5.41) is 8.57. The highest BCUT2D eigenvalue weighted by atomic mass is 16.5. The number of esters is 1. The summed E-state index contributed by atoms with van der Waals surface area (Å²) < 4.78 is 4.57. The molecular weight excluding hydrogens is 208 g/mol. The Morgan fingerprint density at radius 3 is 2.75 bits per heavy atom. The number of likely N-dealkylation sites (N-methyl/N-ethyl adjacent to an activating group) is 1. The predicted molar refractivity (Wildman–Crippen MR) is 56.7 cm³/mol. The fraction of sp³-hybridized carbons (Fsp3) is 0.400. The third-order valence-corrected chi connectivity index (χ3v) is 2.01. The molecule has 0 unspecified atom stereocenters. The average molecular weight is 220 g/mol. The van der Waals surface area contributed by atoms with Gasteiger partial charge in [0.25, 0.3) is 0 Å². The summed E-state index contributed by atoms with van der Waals surface area (Å²) in [6.45, 7) is 2.62. The topological polar surface area (TPSA) is 79.1 Å². The molecule has 0 fully saturated rings. The molecule has 6 heteroatoms. The number of aromatic nitrogens is 2. The second-order valence-corrected chi connectivity index (χ2v) is 2.96. The molecule has 16 heavy (non-hydrogen) atoms. The largest absolute Gasteiger partial charge is 0.468 e. The van der Waals surface area contributed by atoms with Crippen LogP contribution in [-0.4, -0.2) is 36.1 Å². The number of anilines is 1. The molecule has 1 aromatic rings. The van der Waals surface area contributed by atoms with E-state index < -0.39 is 0 Å². The molecule has 0 aliphatic rings. The summed E-state index contributed by atoms with van der Waals surface area (Å²) in [7, 11) is 1.33. The average Bonchev–Trinajstić information content (AvgIpc) is 2.35. The number of hydrogen-bond donors (Lipinski definition) is 0. The van der Waals surface area contributed by atoms with Gasteiger partial charge in [0.15, 0.2) is 5.69 Å². The van der Waals surface area contributed by atoms with Crippen LogP contribution in [0.5, 0.6) is 0 Å². The van der Waals surface area contributed by atoms with E-state index in [4.69, 9.17) is 5.26 Å². The molecule has 0 aromatic carbocycles. The lowest BCUT2D eigenvalue weighted by atomic mass is 10.4. The predicted octanol–water partition coefficient (Wildman–Crippen LogP) is 0.348. The van der Waals surface area contributed by atoms with Crippen molar-refractivity contribution in [3.63, 3.8) is 0 Å². The summed E-state index contributed by atoms with van der Waals surface area (Å²) in [4.78, 5) is 20.7. The number of carbonyl (C=O) groups is 1. The van der Waals surface area contributed by atoms with Gasteiger partial charge in [0.2, 0.25) is 0 Å². The third kappa shape index (κ3) is 2.92. The molecule has 1 rings (SSSR count). The maximum Gasteiger partial charge on any atom is 0.325 e. The summed E-state index contributed by atoms with van der Waals surface area (Å²) in [6, 6.07) is 1.88. The summed E-state index contributed by atoms with van der Waals surface area (Å²) in [6.07, 6.45) is 2.83. The van der Waals surface area contributed by atoms with Gasteiger partial charge < -0.3 is 9.64 Å². The molecule has 0 radical (unpaired) electrons. The van der Waals surface area contributed by atoms with E-state index in [9.17, 15) is 4.79 Å². The van der Waals surface area contributed by atoms with Crippen molar-refractivity contribution in [3.8, 4) is 6.07 Å². The zero-order valence-corrected chi connectivity index (χ0v) is 9.17. The Hall–Kier alpha value is -2.16. The second-order valence-electron chi connectivity index (χ2n) is 2.96. The molecule has 0 saturated heterocycles. The van der Waals surface area contributed by atoms with Gasteiger partial charge in [-0.05, 0) is 6.92 Å². The normalized spacial score (nSPS) is 9.31. The van der Waals surface area contributed by atoms with Crippen molar-refractivity contribution in [2.75, 3.05) is 25.1 Å². The molecule has 0 N–H and O–H groups in total. The van der Waals surface area contributed by atoms with Gasteiger partial charge in [-0.1, -0.05) is 0 Å². The maximum atomic E-state index is 11.1. The highest BCUT2D eigenvalue weighted by Crippen LogP contribution is 2.08. The molecule has 0 spiro atoms. The lowest BCUT2D eigenvalue weighted by Gasteiger charge is -2.19. The van der Waals surface area contributed by atoms with E-state index in [1.165, 1.54) is 19.5 Å². The highest BCUT2D eigenvalue weighted by Gasteiger charge is 2.11. The van der Waals surface area contributed by atoms with Gasteiger partial charge in [-0.2, -0.15) is 5.26 Å². The van der Waals surface area contributed by atoms with Gasteiger partial charge in [0.1, 0.15) is 18.4 Å². The second kappa shape index (κ2) is 5.66. The minimum Gasteiger partial charge on any atom is -0.468 e. The van der Waals surface area contributed by atoms with E-state index in [1.54, 1.807) is 4.90 Å². The lowest BCUT2D eigenvalue weighted by Crippen LogP contribution is -2.31. The minimum atomic E-state index is -0.340.